The summed E-state index contributed by atoms with van der Waals surface area (Å²) >= 11 is 0. The molecule has 0 saturated carbocycles. The zero-order valence-corrected chi connectivity index (χ0v) is 12.6. The first-order chi connectivity index (χ1) is 7.88. The highest BCUT2D eigenvalue weighted by molar-refractivity contribution is 7.90. The summed E-state index contributed by atoms with van der Waals surface area (Å²) in [6, 6.07) is 0.460. The molecular formula is C11H23ClN2O3S. The summed E-state index contributed by atoms with van der Waals surface area (Å²) in [7, 11) is -1.33. The minimum absolute atomic E-state index is 0. The zero-order chi connectivity index (χ0) is 12.9. The fourth-order valence-corrected chi connectivity index (χ4v) is 2.52. The van der Waals surface area contributed by atoms with Crippen LogP contribution in [-0.4, -0.2) is 57.4 Å². The molecule has 0 aromatic rings. The normalized spacial score (nSPS) is 19.3. The van der Waals surface area contributed by atoms with Crippen molar-refractivity contribution in [1.29, 1.82) is 0 Å². The SMILES string of the molecule is CN(CCS(C)(=O)=O)C(=O)CCC1CCCN1.Cl. The van der Waals surface area contributed by atoms with Crippen LogP contribution in [0.4, 0.5) is 0 Å². The van der Waals surface area contributed by atoms with E-state index in [0.717, 1.165) is 19.4 Å². The van der Waals surface area contributed by atoms with Gasteiger partial charge in [-0.2, -0.15) is 0 Å². The topological polar surface area (TPSA) is 66.5 Å². The molecule has 0 aromatic carbocycles. The van der Waals surface area contributed by atoms with E-state index >= 15 is 0 Å². The van der Waals surface area contributed by atoms with Crippen molar-refractivity contribution < 1.29 is 13.2 Å². The Labute approximate surface area is 116 Å². The van der Waals surface area contributed by atoms with E-state index in [1.807, 2.05) is 0 Å². The second-order valence-corrected chi connectivity index (χ2v) is 7.04. The number of nitrogens with one attached hydrogen (secondary N) is 1. The average molecular weight is 299 g/mol. The minimum atomic E-state index is -2.99. The van der Waals surface area contributed by atoms with Gasteiger partial charge in [-0.25, -0.2) is 8.42 Å². The quantitative estimate of drug-likeness (QED) is 0.773. The van der Waals surface area contributed by atoms with Crippen molar-refractivity contribution in [3.8, 4) is 0 Å². The lowest BCUT2D eigenvalue weighted by Crippen LogP contribution is -2.32. The molecule has 1 heterocycles. The molecule has 1 unspecified atom stereocenters. The van der Waals surface area contributed by atoms with Crippen LogP contribution < -0.4 is 5.32 Å². The third-order valence-electron chi connectivity index (χ3n) is 3.09. The standard InChI is InChI=1S/C11H22N2O3S.ClH/c1-13(8-9-17(2,15)16)11(14)6-5-10-4-3-7-12-10;/h10,12H,3-9H2,1-2H3;1H. The summed E-state index contributed by atoms with van der Waals surface area (Å²) < 4.78 is 22.0. The molecule has 1 fully saturated rings. The van der Waals surface area contributed by atoms with Crippen LogP contribution in [0.1, 0.15) is 25.7 Å². The van der Waals surface area contributed by atoms with Crippen LogP contribution >= 0.6 is 12.4 Å². The lowest BCUT2D eigenvalue weighted by Gasteiger charge is -2.17. The van der Waals surface area contributed by atoms with Crippen molar-refractivity contribution >= 4 is 28.2 Å². The maximum atomic E-state index is 11.7. The Balaban J connectivity index is 0.00000289. The number of carbonyl (C=O) groups is 1. The van der Waals surface area contributed by atoms with Crippen molar-refractivity contribution in [2.24, 2.45) is 0 Å². The highest BCUT2D eigenvalue weighted by atomic mass is 35.5. The van der Waals surface area contributed by atoms with Crippen molar-refractivity contribution in [2.75, 3.05) is 32.1 Å². The summed E-state index contributed by atoms with van der Waals surface area (Å²) in [4.78, 5) is 13.2. The van der Waals surface area contributed by atoms with E-state index < -0.39 is 9.84 Å². The molecule has 0 bridgehead atoms. The minimum Gasteiger partial charge on any atom is -0.345 e. The van der Waals surface area contributed by atoms with Gasteiger partial charge in [0.25, 0.3) is 0 Å². The van der Waals surface area contributed by atoms with Gasteiger partial charge in [0.15, 0.2) is 0 Å². The first kappa shape index (κ1) is 17.7. The summed E-state index contributed by atoms with van der Waals surface area (Å²) in [5.74, 6) is 0.0686. The van der Waals surface area contributed by atoms with E-state index in [-0.39, 0.29) is 30.6 Å². The Kier molecular flexibility index (Phi) is 7.82. The Bertz CT molecular complexity index is 353. The van der Waals surface area contributed by atoms with Gasteiger partial charge in [-0.15, -0.1) is 12.4 Å². The lowest BCUT2D eigenvalue weighted by atomic mass is 10.1. The number of halogens is 1. The Hall–Kier alpha value is -0.330. The molecule has 1 amide bonds. The molecule has 1 aliphatic heterocycles. The Morgan fingerprint density at radius 3 is 2.61 bits per heavy atom. The van der Waals surface area contributed by atoms with Crippen LogP contribution in [0.5, 0.6) is 0 Å². The molecule has 18 heavy (non-hydrogen) atoms. The fourth-order valence-electron chi connectivity index (χ4n) is 1.92. The molecule has 0 aliphatic carbocycles. The van der Waals surface area contributed by atoms with Crippen molar-refractivity contribution in [3.05, 3.63) is 0 Å². The van der Waals surface area contributed by atoms with Gasteiger partial charge in [-0.05, 0) is 25.8 Å². The Morgan fingerprint density at radius 2 is 2.11 bits per heavy atom. The second kappa shape index (κ2) is 7.96. The van der Waals surface area contributed by atoms with Gasteiger partial charge < -0.3 is 10.2 Å². The van der Waals surface area contributed by atoms with Gasteiger partial charge in [-0.3, -0.25) is 4.79 Å². The first-order valence-electron chi connectivity index (χ1n) is 6.03. The predicted octanol–water partition coefficient (Wildman–Crippen LogP) is 0.443. The molecule has 1 atom stereocenters. The number of hydrogen-bond donors (Lipinski definition) is 1. The highest BCUT2D eigenvalue weighted by Crippen LogP contribution is 2.11. The third kappa shape index (κ3) is 7.18. The summed E-state index contributed by atoms with van der Waals surface area (Å²) in [6.45, 7) is 1.33. The maximum absolute atomic E-state index is 11.7. The first-order valence-corrected chi connectivity index (χ1v) is 8.09. The summed E-state index contributed by atoms with van der Waals surface area (Å²) in [5.41, 5.74) is 0. The van der Waals surface area contributed by atoms with E-state index in [1.165, 1.54) is 17.6 Å². The van der Waals surface area contributed by atoms with E-state index in [4.69, 9.17) is 0 Å². The average Bonchev–Trinajstić information content (AvgIpc) is 2.74. The van der Waals surface area contributed by atoms with Crippen LogP contribution in [-0.2, 0) is 14.6 Å². The number of sulfone groups is 1. The monoisotopic (exact) mass is 298 g/mol. The molecule has 1 saturated heterocycles. The molecule has 7 heteroatoms. The van der Waals surface area contributed by atoms with Gasteiger partial charge >= 0.3 is 0 Å². The summed E-state index contributed by atoms with van der Waals surface area (Å²) in [6.07, 6.45) is 4.86. The van der Waals surface area contributed by atoms with E-state index in [9.17, 15) is 13.2 Å². The van der Waals surface area contributed by atoms with Crippen LogP contribution in [0.15, 0.2) is 0 Å². The molecule has 0 radical (unpaired) electrons. The molecule has 108 valence electrons. The highest BCUT2D eigenvalue weighted by Gasteiger charge is 2.17. The predicted molar refractivity (Wildman–Crippen MR) is 74.9 cm³/mol. The van der Waals surface area contributed by atoms with Crippen LogP contribution in [0.2, 0.25) is 0 Å². The molecule has 0 spiro atoms. The van der Waals surface area contributed by atoms with Crippen LogP contribution in [0.25, 0.3) is 0 Å². The number of nitrogens with zero attached hydrogens (tertiary/aromatic N) is 1. The van der Waals surface area contributed by atoms with Crippen molar-refractivity contribution in [2.45, 2.75) is 31.7 Å². The number of hydrogen-bond acceptors (Lipinski definition) is 4. The van der Waals surface area contributed by atoms with Gasteiger partial charge in [0.1, 0.15) is 9.84 Å². The second-order valence-electron chi connectivity index (χ2n) is 4.78. The van der Waals surface area contributed by atoms with Crippen LogP contribution in [0.3, 0.4) is 0 Å². The third-order valence-corrected chi connectivity index (χ3v) is 4.02. The molecule has 1 N–H and O–H groups in total. The fraction of sp³-hybridized carbons (Fsp3) is 0.909. The van der Waals surface area contributed by atoms with Gasteiger partial charge in [0, 0.05) is 32.3 Å². The largest absolute Gasteiger partial charge is 0.345 e. The maximum Gasteiger partial charge on any atom is 0.222 e. The van der Waals surface area contributed by atoms with E-state index in [2.05, 4.69) is 5.32 Å². The Morgan fingerprint density at radius 1 is 1.44 bits per heavy atom. The number of amides is 1. The molecular weight excluding hydrogens is 276 g/mol. The van der Waals surface area contributed by atoms with Gasteiger partial charge in [0.05, 0.1) is 5.75 Å². The van der Waals surface area contributed by atoms with E-state index in [1.54, 1.807) is 7.05 Å². The zero-order valence-electron chi connectivity index (χ0n) is 11.0. The number of rotatable bonds is 6. The van der Waals surface area contributed by atoms with Gasteiger partial charge in [0.2, 0.25) is 5.91 Å². The lowest BCUT2D eigenvalue weighted by molar-refractivity contribution is -0.129. The van der Waals surface area contributed by atoms with Crippen LogP contribution in [0, 0.1) is 0 Å². The van der Waals surface area contributed by atoms with Gasteiger partial charge in [-0.1, -0.05) is 0 Å². The smallest absolute Gasteiger partial charge is 0.222 e. The molecule has 5 nitrogen and oxygen atoms in total. The molecule has 1 rings (SSSR count). The van der Waals surface area contributed by atoms with Crippen molar-refractivity contribution in [1.82, 2.24) is 10.2 Å². The summed E-state index contributed by atoms with van der Waals surface area (Å²) in [5, 5.41) is 3.34. The van der Waals surface area contributed by atoms with E-state index in [0.29, 0.717) is 12.5 Å². The number of carbonyl (C=O) groups excluding carboxylic acids is 1. The van der Waals surface area contributed by atoms with Crippen molar-refractivity contribution in [3.63, 3.8) is 0 Å². The molecule has 0 aromatic heterocycles. The molecule has 1 aliphatic rings.